The topological polar surface area (TPSA) is 61.0 Å². The lowest BCUT2D eigenvalue weighted by Gasteiger charge is -2.11. The van der Waals surface area contributed by atoms with Crippen LogP contribution >= 0.6 is 0 Å². The van der Waals surface area contributed by atoms with E-state index in [1.54, 1.807) is 30.3 Å². The third-order valence-electron chi connectivity index (χ3n) is 3.95. The van der Waals surface area contributed by atoms with E-state index in [-0.39, 0.29) is 17.3 Å². The van der Waals surface area contributed by atoms with Gasteiger partial charge in [-0.1, -0.05) is 17.3 Å². The molecule has 0 N–H and O–H groups in total. The van der Waals surface area contributed by atoms with Crippen molar-refractivity contribution in [1.82, 2.24) is 15.1 Å². The van der Waals surface area contributed by atoms with Crippen LogP contribution < -0.4 is 4.74 Å². The first kappa shape index (κ1) is 17.9. The quantitative estimate of drug-likeness (QED) is 0.458. The van der Waals surface area contributed by atoms with Crippen LogP contribution in [0.25, 0.3) is 33.4 Å². The molecule has 0 radical (unpaired) electrons. The summed E-state index contributed by atoms with van der Waals surface area (Å²) >= 11 is 0. The van der Waals surface area contributed by atoms with Gasteiger partial charge in [0.25, 0.3) is 0 Å². The molecule has 2 heterocycles. The van der Waals surface area contributed by atoms with Gasteiger partial charge < -0.3 is 9.26 Å². The molecule has 0 unspecified atom stereocenters. The Labute approximate surface area is 155 Å². The molecule has 142 valence electrons. The molecule has 9 heteroatoms. The van der Waals surface area contributed by atoms with Gasteiger partial charge in [0.15, 0.2) is 12.2 Å². The summed E-state index contributed by atoms with van der Waals surface area (Å²) in [5.74, 6) is -0.607. The second-order valence-corrected chi connectivity index (χ2v) is 5.87. The Morgan fingerprint density at radius 3 is 2.54 bits per heavy atom. The van der Waals surface area contributed by atoms with Crippen molar-refractivity contribution in [3.63, 3.8) is 0 Å². The first-order valence-corrected chi connectivity index (χ1v) is 8.06. The fourth-order valence-electron chi connectivity index (χ4n) is 2.76. The van der Waals surface area contributed by atoms with E-state index in [0.717, 1.165) is 6.33 Å². The number of fused-ring (bicyclic) bond motifs is 1. The minimum absolute atomic E-state index is 0.223. The lowest BCUT2D eigenvalue weighted by molar-refractivity contribution is -0.154. The molecule has 0 bridgehead atoms. The Kier molecular flexibility index (Phi) is 4.42. The van der Waals surface area contributed by atoms with Gasteiger partial charge in [-0.05, 0) is 30.3 Å². The summed E-state index contributed by atoms with van der Waals surface area (Å²) in [6, 6.07) is 10.8. The highest BCUT2D eigenvalue weighted by Crippen LogP contribution is 2.37. The molecule has 2 aromatic carbocycles. The summed E-state index contributed by atoms with van der Waals surface area (Å²) in [6.07, 6.45) is -2.07. The summed E-state index contributed by atoms with van der Waals surface area (Å²) in [5.41, 5.74) is 2.10. The number of hydrogen-bond donors (Lipinski definition) is 0. The Hall–Kier alpha value is -3.49. The van der Waals surface area contributed by atoms with E-state index in [4.69, 9.17) is 9.26 Å². The van der Waals surface area contributed by atoms with E-state index in [9.17, 15) is 17.6 Å². The molecule has 4 aromatic rings. The maximum Gasteiger partial charge on any atom is 0.422 e. The van der Waals surface area contributed by atoms with Gasteiger partial charge in [0, 0.05) is 17.3 Å². The first-order chi connectivity index (χ1) is 13.4. The molecule has 5 nitrogen and oxygen atoms in total. The van der Waals surface area contributed by atoms with Gasteiger partial charge in [0.1, 0.15) is 17.8 Å². The second kappa shape index (κ2) is 6.91. The van der Waals surface area contributed by atoms with Gasteiger partial charge in [0.2, 0.25) is 5.88 Å². The number of ether oxygens (including phenoxy) is 1. The Morgan fingerprint density at radius 2 is 1.79 bits per heavy atom. The predicted octanol–water partition coefficient (Wildman–Crippen LogP) is 5.03. The zero-order valence-electron chi connectivity index (χ0n) is 14.1. The minimum Gasteiger partial charge on any atom is -0.467 e. The molecule has 0 aliphatic carbocycles. The zero-order valence-corrected chi connectivity index (χ0v) is 14.1. The second-order valence-electron chi connectivity index (χ2n) is 5.87. The van der Waals surface area contributed by atoms with Gasteiger partial charge in [-0.2, -0.15) is 13.2 Å². The van der Waals surface area contributed by atoms with Crippen LogP contribution in [0.5, 0.6) is 5.88 Å². The highest BCUT2D eigenvalue weighted by atomic mass is 19.4. The van der Waals surface area contributed by atoms with Crippen molar-refractivity contribution >= 4 is 11.0 Å². The van der Waals surface area contributed by atoms with Crippen LogP contribution in [-0.4, -0.2) is 27.9 Å². The molecule has 2 aromatic heterocycles. The Bertz CT molecular complexity index is 1120. The van der Waals surface area contributed by atoms with E-state index in [0.29, 0.717) is 27.8 Å². The van der Waals surface area contributed by atoms with Crippen LogP contribution in [0.1, 0.15) is 0 Å². The van der Waals surface area contributed by atoms with Crippen molar-refractivity contribution in [3.8, 4) is 28.3 Å². The number of benzene rings is 2. The zero-order chi connectivity index (χ0) is 19.7. The van der Waals surface area contributed by atoms with Crippen LogP contribution in [0.4, 0.5) is 17.6 Å². The average molecular weight is 389 g/mol. The number of para-hydroxylation sites is 1. The maximum atomic E-state index is 13.2. The number of alkyl halides is 3. The molecular weight excluding hydrogens is 378 g/mol. The van der Waals surface area contributed by atoms with Crippen LogP contribution in [0.3, 0.4) is 0 Å². The van der Waals surface area contributed by atoms with Crippen LogP contribution in [0.15, 0.2) is 59.5 Å². The molecular formula is C19H11F4N3O2. The fourth-order valence-corrected chi connectivity index (χ4v) is 2.76. The first-order valence-electron chi connectivity index (χ1n) is 8.06. The van der Waals surface area contributed by atoms with Crippen molar-refractivity contribution in [1.29, 1.82) is 0 Å². The van der Waals surface area contributed by atoms with Gasteiger partial charge in [-0.3, -0.25) is 0 Å². The minimum atomic E-state index is -4.50. The van der Waals surface area contributed by atoms with Crippen molar-refractivity contribution in [2.24, 2.45) is 0 Å². The average Bonchev–Trinajstić information content (AvgIpc) is 3.11. The monoisotopic (exact) mass is 389 g/mol. The van der Waals surface area contributed by atoms with Gasteiger partial charge in [0.05, 0.1) is 10.9 Å². The summed E-state index contributed by atoms with van der Waals surface area (Å²) in [4.78, 5) is 7.67. The van der Waals surface area contributed by atoms with Gasteiger partial charge in [-0.25, -0.2) is 14.4 Å². The lowest BCUT2D eigenvalue weighted by Crippen LogP contribution is -2.20. The summed E-state index contributed by atoms with van der Waals surface area (Å²) < 4.78 is 61.0. The van der Waals surface area contributed by atoms with Crippen molar-refractivity contribution in [3.05, 3.63) is 60.8 Å². The number of nitrogens with zero attached hydrogens (tertiary/aromatic N) is 3. The largest absolute Gasteiger partial charge is 0.467 e. The Morgan fingerprint density at radius 1 is 1.00 bits per heavy atom. The maximum absolute atomic E-state index is 13.2. The number of rotatable bonds is 4. The van der Waals surface area contributed by atoms with E-state index in [1.807, 2.05) is 0 Å². The van der Waals surface area contributed by atoms with Gasteiger partial charge in [-0.15, -0.1) is 0 Å². The molecule has 28 heavy (non-hydrogen) atoms. The summed E-state index contributed by atoms with van der Waals surface area (Å²) in [5, 5.41) is 4.64. The lowest BCUT2D eigenvalue weighted by atomic mass is 10.0. The molecule has 0 saturated carbocycles. The third kappa shape index (κ3) is 3.51. The van der Waals surface area contributed by atoms with Crippen molar-refractivity contribution in [2.45, 2.75) is 6.18 Å². The molecule has 0 spiro atoms. The Balaban J connectivity index is 1.80. The molecule has 0 aliphatic heterocycles. The number of halogens is 4. The molecule has 0 fully saturated rings. The molecule has 0 atom stereocenters. The highest BCUT2D eigenvalue weighted by molar-refractivity contribution is 6.00. The molecule has 0 saturated heterocycles. The summed E-state index contributed by atoms with van der Waals surface area (Å²) in [7, 11) is 0. The smallest absolute Gasteiger partial charge is 0.422 e. The SMILES string of the molecule is Fc1ccc(-c2noc3c(-c4cncnc4OCC(F)(F)F)cccc23)cc1. The van der Waals surface area contributed by atoms with Crippen LogP contribution in [0, 0.1) is 5.82 Å². The third-order valence-corrected chi connectivity index (χ3v) is 3.95. The molecule has 0 amide bonds. The van der Waals surface area contributed by atoms with Crippen molar-refractivity contribution < 1.29 is 26.8 Å². The molecule has 0 aliphatic rings. The molecule has 4 rings (SSSR count). The van der Waals surface area contributed by atoms with E-state index < -0.39 is 12.8 Å². The van der Waals surface area contributed by atoms with E-state index in [2.05, 4.69) is 15.1 Å². The van der Waals surface area contributed by atoms with Gasteiger partial charge >= 0.3 is 6.18 Å². The number of aromatic nitrogens is 3. The summed E-state index contributed by atoms with van der Waals surface area (Å²) in [6.45, 7) is -1.48. The van der Waals surface area contributed by atoms with Crippen LogP contribution in [0.2, 0.25) is 0 Å². The fraction of sp³-hybridized carbons (Fsp3) is 0.105. The van der Waals surface area contributed by atoms with E-state index >= 15 is 0 Å². The van der Waals surface area contributed by atoms with Crippen molar-refractivity contribution in [2.75, 3.05) is 6.61 Å². The predicted molar refractivity (Wildman–Crippen MR) is 92.0 cm³/mol. The normalized spacial score (nSPS) is 11.7. The standard InChI is InChI=1S/C19H11F4N3O2/c20-12-6-4-11(5-7-12)16-14-3-1-2-13(17(14)28-26-16)15-8-24-10-25-18(15)27-9-19(21,22)23/h1-8,10H,9H2. The number of hydrogen-bond acceptors (Lipinski definition) is 5. The van der Waals surface area contributed by atoms with Crippen LogP contribution in [-0.2, 0) is 0 Å². The van der Waals surface area contributed by atoms with E-state index in [1.165, 1.54) is 18.3 Å². The highest BCUT2D eigenvalue weighted by Gasteiger charge is 2.29.